The lowest BCUT2D eigenvalue weighted by molar-refractivity contribution is 0.103. The molecular weight excluding hydrogens is 334 g/mol. The highest BCUT2D eigenvalue weighted by atomic mass is 79.9. The van der Waals surface area contributed by atoms with Gasteiger partial charge in [-0.05, 0) is 58.5 Å². The van der Waals surface area contributed by atoms with Gasteiger partial charge in [0.05, 0.1) is 9.86 Å². The molecular formula is C16H14BrNOS. The summed E-state index contributed by atoms with van der Waals surface area (Å²) >= 11 is 4.91. The Morgan fingerprint density at radius 2 is 2.10 bits per heavy atom. The van der Waals surface area contributed by atoms with Crippen LogP contribution in [-0.2, 0) is 11.8 Å². The minimum Gasteiger partial charge on any atom is -0.386 e. The van der Waals surface area contributed by atoms with Gasteiger partial charge < -0.3 is 5.11 Å². The topological polar surface area (TPSA) is 44.0 Å². The minimum atomic E-state index is -0.820. The van der Waals surface area contributed by atoms with Crippen molar-refractivity contribution in [2.45, 2.75) is 30.8 Å². The van der Waals surface area contributed by atoms with Crippen LogP contribution >= 0.6 is 27.3 Å². The highest BCUT2D eigenvalue weighted by molar-refractivity contribution is 9.11. The van der Waals surface area contributed by atoms with E-state index in [1.807, 2.05) is 30.3 Å². The number of aryl methyl sites for hydroxylation is 1. The van der Waals surface area contributed by atoms with Crippen LogP contribution in [0, 0.1) is 11.3 Å². The molecule has 3 rings (SSSR count). The first-order valence-electron chi connectivity index (χ1n) is 6.60. The van der Waals surface area contributed by atoms with Crippen LogP contribution in [0.4, 0.5) is 0 Å². The van der Waals surface area contributed by atoms with Gasteiger partial charge in [-0.3, -0.25) is 0 Å². The van der Waals surface area contributed by atoms with Crippen molar-refractivity contribution in [1.82, 2.24) is 0 Å². The zero-order valence-corrected chi connectivity index (χ0v) is 13.2. The number of nitriles is 1. The molecule has 1 aliphatic rings. The van der Waals surface area contributed by atoms with Gasteiger partial charge in [0, 0.05) is 4.88 Å². The number of thiophene rings is 1. The Kier molecular flexibility index (Phi) is 3.68. The van der Waals surface area contributed by atoms with Gasteiger partial charge in [-0.2, -0.15) is 5.26 Å². The predicted octanol–water partition coefficient (Wildman–Crippen LogP) is 4.34. The van der Waals surface area contributed by atoms with Crippen molar-refractivity contribution in [2.75, 3.05) is 0 Å². The van der Waals surface area contributed by atoms with E-state index in [-0.39, 0.29) is 0 Å². The van der Waals surface area contributed by atoms with Crippen LogP contribution in [-0.4, -0.2) is 5.11 Å². The molecule has 4 heteroatoms. The van der Waals surface area contributed by atoms with Crippen LogP contribution in [0.15, 0.2) is 40.2 Å². The fourth-order valence-corrected chi connectivity index (χ4v) is 4.55. The molecule has 20 heavy (non-hydrogen) atoms. The normalized spacial score (nSPS) is 22.9. The van der Waals surface area contributed by atoms with Crippen LogP contribution < -0.4 is 0 Å². The fraction of sp³-hybridized carbons (Fsp3) is 0.312. The fourth-order valence-electron chi connectivity index (χ4n) is 3.05. The highest BCUT2D eigenvalue weighted by Gasteiger charge is 2.44. The summed E-state index contributed by atoms with van der Waals surface area (Å²) in [7, 11) is 0. The zero-order valence-electron chi connectivity index (χ0n) is 10.8. The maximum atomic E-state index is 10.8. The molecule has 1 heterocycles. The van der Waals surface area contributed by atoms with Crippen LogP contribution in [0.5, 0.6) is 0 Å². The third kappa shape index (κ3) is 2.10. The summed E-state index contributed by atoms with van der Waals surface area (Å²) in [5, 5.41) is 20.6. The van der Waals surface area contributed by atoms with Gasteiger partial charge in [-0.15, -0.1) is 11.3 Å². The second-order valence-corrected chi connectivity index (χ2v) is 7.63. The van der Waals surface area contributed by atoms with Crippen molar-refractivity contribution in [1.29, 1.82) is 5.26 Å². The standard InChI is InChI=1S/C16H14BrNOS/c17-14-8-7-13(20-14)15(19)16(10-18)9-3-5-11-4-1-2-6-12(11)16/h1-2,4,6-8,15,19H,3,5,9H2. The van der Waals surface area contributed by atoms with Gasteiger partial charge >= 0.3 is 0 Å². The van der Waals surface area contributed by atoms with Gasteiger partial charge in [0.25, 0.3) is 0 Å². The molecule has 2 unspecified atom stereocenters. The maximum absolute atomic E-state index is 10.8. The molecule has 102 valence electrons. The molecule has 0 aliphatic heterocycles. The van der Waals surface area contributed by atoms with Crippen LogP contribution in [0.3, 0.4) is 0 Å². The molecule has 2 nitrogen and oxygen atoms in total. The average Bonchev–Trinajstić information content (AvgIpc) is 2.92. The molecule has 1 N–H and O–H groups in total. The van der Waals surface area contributed by atoms with Crippen molar-refractivity contribution >= 4 is 27.3 Å². The van der Waals surface area contributed by atoms with Crippen LogP contribution in [0.2, 0.25) is 0 Å². The second-order valence-electron chi connectivity index (χ2n) is 5.14. The summed E-state index contributed by atoms with van der Waals surface area (Å²) in [4.78, 5) is 0.843. The summed E-state index contributed by atoms with van der Waals surface area (Å²) in [6.07, 6.45) is 1.86. The molecule has 0 amide bonds. The van der Waals surface area contributed by atoms with Crippen molar-refractivity contribution < 1.29 is 5.11 Å². The molecule has 0 saturated carbocycles. The average molecular weight is 348 g/mol. The van der Waals surface area contributed by atoms with Crippen molar-refractivity contribution in [3.8, 4) is 6.07 Å². The Bertz CT molecular complexity index is 675. The van der Waals surface area contributed by atoms with E-state index in [0.29, 0.717) is 6.42 Å². The first kappa shape index (κ1) is 13.8. The predicted molar refractivity (Wildman–Crippen MR) is 83.6 cm³/mol. The number of aliphatic hydroxyl groups excluding tert-OH is 1. The Hall–Kier alpha value is -1.15. The van der Waals surface area contributed by atoms with Gasteiger partial charge in [0.1, 0.15) is 11.5 Å². The van der Waals surface area contributed by atoms with E-state index >= 15 is 0 Å². The zero-order chi connectivity index (χ0) is 14.2. The van der Waals surface area contributed by atoms with E-state index < -0.39 is 11.5 Å². The third-order valence-electron chi connectivity index (χ3n) is 4.04. The number of benzene rings is 1. The Balaban J connectivity index is 2.12. The molecule has 0 saturated heterocycles. The Morgan fingerprint density at radius 3 is 2.80 bits per heavy atom. The lowest BCUT2D eigenvalue weighted by atomic mass is 9.67. The number of hydrogen-bond donors (Lipinski definition) is 1. The summed E-state index contributed by atoms with van der Waals surface area (Å²) in [6.45, 7) is 0. The largest absolute Gasteiger partial charge is 0.386 e. The highest BCUT2D eigenvalue weighted by Crippen LogP contribution is 2.47. The summed E-state index contributed by atoms with van der Waals surface area (Å²) in [6, 6.07) is 14.2. The van der Waals surface area contributed by atoms with Crippen molar-refractivity contribution in [3.63, 3.8) is 0 Å². The minimum absolute atomic E-state index is 0.706. The summed E-state index contributed by atoms with van der Waals surface area (Å²) in [5.41, 5.74) is 1.36. The number of fused-ring (bicyclic) bond motifs is 1. The lowest BCUT2D eigenvalue weighted by Gasteiger charge is -2.36. The van der Waals surface area contributed by atoms with E-state index in [2.05, 4.69) is 28.1 Å². The lowest BCUT2D eigenvalue weighted by Crippen LogP contribution is -2.35. The van der Waals surface area contributed by atoms with Gasteiger partial charge in [0.15, 0.2) is 0 Å². The molecule has 1 aromatic heterocycles. The van der Waals surface area contributed by atoms with Crippen LogP contribution in [0.25, 0.3) is 0 Å². The molecule has 0 spiro atoms. The quantitative estimate of drug-likeness (QED) is 0.877. The molecule has 2 aromatic rings. The number of rotatable bonds is 2. The van der Waals surface area contributed by atoms with Gasteiger partial charge in [-0.25, -0.2) is 0 Å². The molecule has 1 aromatic carbocycles. The molecule has 0 radical (unpaired) electrons. The second kappa shape index (κ2) is 5.33. The SMILES string of the molecule is N#CC1(C(O)c2ccc(Br)s2)CCCc2ccccc21. The van der Waals surface area contributed by atoms with E-state index in [1.165, 1.54) is 16.9 Å². The van der Waals surface area contributed by atoms with Crippen molar-refractivity contribution in [2.24, 2.45) is 0 Å². The monoisotopic (exact) mass is 347 g/mol. The Labute approximate surface area is 130 Å². The first-order chi connectivity index (χ1) is 9.67. The Morgan fingerprint density at radius 1 is 1.30 bits per heavy atom. The molecule has 2 atom stereocenters. The summed E-state index contributed by atoms with van der Waals surface area (Å²) < 4.78 is 0.976. The number of nitrogens with zero attached hydrogens (tertiary/aromatic N) is 1. The van der Waals surface area contributed by atoms with E-state index in [0.717, 1.165) is 27.1 Å². The number of aliphatic hydroxyl groups is 1. The number of hydrogen-bond acceptors (Lipinski definition) is 3. The maximum Gasteiger partial charge on any atom is 0.113 e. The number of halogens is 1. The van der Waals surface area contributed by atoms with Gasteiger partial charge in [0.2, 0.25) is 0 Å². The van der Waals surface area contributed by atoms with E-state index in [4.69, 9.17) is 0 Å². The van der Waals surface area contributed by atoms with Gasteiger partial charge in [-0.1, -0.05) is 24.3 Å². The molecule has 0 fully saturated rings. The molecule has 0 bridgehead atoms. The molecule has 1 aliphatic carbocycles. The smallest absolute Gasteiger partial charge is 0.113 e. The summed E-state index contributed by atoms with van der Waals surface area (Å²) in [5.74, 6) is 0. The van der Waals surface area contributed by atoms with Crippen LogP contribution in [0.1, 0.15) is 34.9 Å². The van der Waals surface area contributed by atoms with Crippen molar-refractivity contribution in [3.05, 3.63) is 56.2 Å². The first-order valence-corrected chi connectivity index (χ1v) is 8.21. The van der Waals surface area contributed by atoms with E-state index in [1.54, 1.807) is 0 Å². The van der Waals surface area contributed by atoms with E-state index in [9.17, 15) is 10.4 Å². The third-order valence-corrected chi connectivity index (χ3v) is 5.72.